The van der Waals surface area contributed by atoms with Gasteiger partial charge in [-0.2, -0.15) is 4.98 Å². The predicted molar refractivity (Wildman–Crippen MR) is 97.1 cm³/mol. The maximum absolute atomic E-state index is 6.95. The third kappa shape index (κ3) is 3.32. The van der Waals surface area contributed by atoms with E-state index < -0.39 is 5.66 Å². The van der Waals surface area contributed by atoms with Crippen molar-refractivity contribution in [1.29, 1.82) is 0 Å². The molecule has 0 bridgehead atoms. The first kappa shape index (κ1) is 16.6. The highest BCUT2D eigenvalue weighted by molar-refractivity contribution is 5.71. The Bertz CT molecular complexity index is 667. The molecule has 2 heterocycles. The van der Waals surface area contributed by atoms with Gasteiger partial charge >= 0.3 is 0 Å². The molecule has 1 aromatic heterocycles. The van der Waals surface area contributed by atoms with Crippen LogP contribution in [0.1, 0.15) is 69.5 Å². The maximum atomic E-state index is 6.95. The first-order chi connectivity index (χ1) is 12.1. The van der Waals surface area contributed by atoms with Crippen LogP contribution < -0.4 is 16.4 Å². The van der Waals surface area contributed by atoms with Crippen LogP contribution in [0.25, 0.3) is 5.57 Å². The van der Waals surface area contributed by atoms with E-state index in [0.717, 1.165) is 11.3 Å². The predicted octanol–water partition coefficient (Wildman–Crippen LogP) is 2.97. The van der Waals surface area contributed by atoms with Gasteiger partial charge in [0.15, 0.2) is 5.82 Å². The lowest BCUT2D eigenvalue weighted by molar-refractivity contribution is 0.202. The van der Waals surface area contributed by atoms with Gasteiger partial charge in [-0.05, 0) is 38.7 Å². The Balaban J connectivity index is 1.62. The molecule has 0 aromatic carbocycles. The van der Waals surface area contributed by atoms with Crippen molar-refractivity contribution >= 4 is 5.57 Å². The standard InChI is InChI=1S/C19H29N5O/c1-13-22-18(25-24-13)14-11-17(23-16-9-5-6-10-16)19(20,21-12-14)15-7-3-2-4-8-15/h11-12,15-16,21,23H,2-10,20H2,1H3. The van der Waals surface area contributed by atoms with Crippen molar-refractivity contribution in [3.05, 3.63) is 29.7 Å². The minimum Gasteiger partial charge on any atom is -0.383 e. The summed E-state index contributed by atoms with van der Waals surface area (Å²) in [5, 5.41) is 11.2. The number of aryl methyl sites for hydroxylation is 1. The molecule has 136 valence electrons. The van der Waals surface area contributed by atoms with Gasteiger partial charge in [0.1, 0.15) is 5.66 Å². The number of nitrogens with zero attached hydrogens (tertiary/aromatic N) is 2. The highest BCUT2D eigenvalue weighted by Gasteiger charge is 2.41. The van der Waals surface area contributed by atoms with E-state index in [1.165, 1.54) is 57.8 Å². The van der Waals surface area contributed by atoms with Crippen molar-refractivity contribution < 1.29 is 4.52 Å². The number of hydrogen-bond donors (Lipinski definition) is 3. The van der Waals surface area contributed by atoms with Crippen molar-refractivity contribution in [2.75, 3.05) is 0 Å². The van der Waals surface area contributed by atoms with Crippen LogP contribution in [0, 0.1) is 12.8 Å². The summed E-state index contributed by atoms with van der Waals surface area (Å²) in [7, 11) is 0. The first-order valence-electron chi connectivity index (χ1n) is 9.71. The number of hydrogen-bond acceptors (Lipinski definition) is 6. The van der Waals surface area contributed by atoms with E-state index >= 15 is 0 Å². The smallest absolute Gasteiger partial charge is 0.259 e. The second-order valence-corrected chi connectivity index (χ2v) is 7.78. The molecule has 0 radical (unpaired) electrons. The van der Waals surface area contributed by atoms with Gasteiger partial charge in [-0.3, -0.25) is 0 Å². The van der Waals surface area contributed by atoms with Crippen LogP contribution in [0.4, 0.5) is 0 Å². The lowest BCUT2D eigenvalue weighted by Gasteiger charge is -2.44. The summed E-state index contributed by atoms with van der Waals surface area (Å²) in [6.45, 7) is 1.83. The third-order valence-corrected chi connectivity index (χ3v) is 5.95. The second kappa shape index (κ2) is 6.83. The number of dihydropyridines is 1. The summed E-state index contributed by atoms with van der Waals surface area (Å²) in [4.78, 5) is 4.36. The van der Waals surface area contributed by atoms with Gasteiger partial charge in [-0.15, -0.1) is 0 Å². The molecule has 0 amide bonds. The fourth-order valence-electron chi connectivity index (χ4n) is 4.48. The molecule has 0 spiro atoms. The van der Waals surface area contributed by atoms with E-state index in [1.807, 2.05) is 13.1 Å². The highest BCUT2D eigenvalue weighted by Crippen LogP contribution is 2.37. The molecule has 6 heteroatoms. The van der Waals surface area contributed by atoms with E-state index in [1.54, 1.807) is 0 Å². The molecule has 4 N–H and O–H groups in total. The maximum Gasteiger partial charge on any atom is 0.259 e. The Hall–Kier alpha value is -1.82. The summed E-state index contributed by atoms with van der Waals surface area (Å²) < 4.78 is 5.35. The van der Waals surface area contributed by atoms with Crippen LogP contribution >= 0.6 is 0 Å². The highest BCUT2D eigenvalue weighted by atomic mass is 16.5. The molecule has 1 aliphatic heterocycles. The molecule has 1 aromatic rings. The van der Waals surface area contributed by atoms with Gasteiger partial charge in [-0.1, -0.05) is 37.3 Å². The van der Waals surface area contributed by atoms with Gasteiger partial charge in [0.25, 0.3) is 5.89 Å². The molecule has 2 aliphatic carbocycles. The molecule has 3 aliphatic rings. The summed E-state index contributed by atoms with van der Waals surface area (Å²) in [5.74, 6) is 1.64. The number of aromatic nitrogens is 2. The molecular formula is C19H29N5O. The monoisotopic (exact) mass is 343 g/mol. The SMILES string of the molecule is Cc1noc(C2=CNC(N)(C3CCCCC3)C(NC3CCCC3)=C2)n1. The Morgan fingerprint density at radius 2 is 1.88 bits per heavy atom. The zero-order valence-electron chi connectivity index (χ0n) is 15.1. The average Bonchev–Trinajstić information content (AvgIpc) is 3.29. The van der Waals surface area contributed by atoms with E-state index in [-0.39, 0.29) is 0 Å². The molecule has 1 atom stereocenters. The van der Waals surface area contributed by atoms with Crippen LogP contribution in [-0.2, 0) is 0 Å². The summed E-state index contributed by atoms with van der Waals surface area (Å²) in [5.41, 5.74) is 8.41. The molecule has 2 saturated carbocycles. The molecule has 0 saturated heterocycles. The van der Waals surface area contributed by atoms with Crippen LogP contribution in [0.15, 0.2) is 22.5 Å². The number of nitrogens with one attached hydrogen (secondary N) is 2. The van der Waals surface area contributed by atoms with E-state index in [2.05, 4.69) is 26.9 Å². The van der Waals surface area contributed by atoms with E-state index in [9.17, 15) is 0 Å². The molecular weight excluding hydrogens is 314 g/mol. The Labute approximate surface area is 149 Å². The van der Waals surface area contributed by atoms with Gasteiger partial charge in [-0.25, -0.2) is 0 Å². The topological polar surface area (TPSA) is 89.0 Å². The Morgan fingerprint density at radius 3 is 2.56 bits per heavy atom. The zero-order valence-corrected chi connectivity index (χ0v) is 15.1. The van der Waals surface area contributed by atoms with Gasteiger partial charge in [0, 0.05) is 18.2 Å². The number of nitrogens with two attached hydrogens (primary N) is 1. The second-order valence-electron chi connectivity index (χ2n) is 7.78. The van der Waals surface area contributed by atoms with Crippen LogP contribution in [0.2, 0.25) is 0 Å². The molecule has 6 nitrogen and oxygen atoms in total. The van der Waals surface area contributed by atoms with Gasteiger partial charge in [0.05, 0.1) is 11.3 Å². The van der Waals surface area contributed by atoms with Crippen LogP contribution in [-0.4, -0.2) is 21.8 Å². The largest absolute Gasteiger partial charge is 0.383 e. The normalized spacial score (nSPS) is 28.4. The van der Waals surface area contributed by atoms with Crippen molar-refractivity contribution in [2.45, 2.75) is 76.4 Å². The minimum atomic E-state index is -0.526. The Kier molecular flexibility index (Phi) is 4.54. The third-order valence-electron chi connectivity index (χ3n) is 5.95. The number of rotatable bonds is 4. The summed E-state index contributed by atoms with van der Waals surface area (Å²) >= 11 is 0. The van der Waals surface area contributed by atoms with Gasteiger partial charge < -0.3 is 20.9 Å². The summed E-state index contributed by atoms with van der Waals surface area (Å²) in [6, 6.07) is 0.517. The van der Waals surface area contributed by atoms with Crippen molar-refractivity contribution in [3.8, 4) is 0 Å². The van der Waals surface area contributed by atoms with E-state index in [4.69, 9.17) is 10.3 Å². The zero-order chi connectivity index (χ0) is 17.3. The minimum absolute atomic E-state index is 0.448. The molecule has 2 fully saturated rings. The number of allylic oxidation sites excluding steroid dienone is 2. The van der Waals surface area contributed by atoms with Crippen LogP contribution in [0.5, 0.6) is 0 Å². The van der Waals surface area contributed by atoms with E-state index in [0.29, 0.717) is 23.7 Å². The molecule has 25 heavy (non-hydrogen) atoms. The van der Waals surface area contributed by atoms with Gasteiger partial charge in [0.2, 0.25) is 0 Å². The van der Waals surface area contributed by atoms with Crippen molar-refractivity contribution in [1.82, 2.24) is 20.8 Å². The Morgan fingerprint density at radius 1 is 1.16 bits per heavy atom. The van der Waals surface area contributed by atoms with Crippen molar-refractivity contribution in [2.24, 2.45) is 11.7 Å². The molecule has 4 rings (SSSR count). The summed E-state index contributed by atoms with van der Waals surface area (Å²) in [6.07, 6.45) is 15.3. The quantitative estimate of drug-likeness (QED) is 0.779. The van der Waals surface area contributed by atoms with Crippen molar-refractivity contribution in [3.63, 3.8) is 0 Å². The fourth-order valence-corrected chi connectivity index (χ4v) is 4.48. The lowest BCUT2D eigenvalue weighted by atomic mass is 9.77. The first-order valence-corrected chi connectivity index (χ1v) is 9.71. The lowest BCUT2D eigenvalue weighted by Crippen LogP contribution is -2.63. The fraction of sp³-hybridized carbons (Fsp3) is 0.684. The molecule has 1 unspecified atom stereocenters. The van der Waals surface area contributed by atoms with Crippen LogP contribution in [0.3, 0.4) is 0 Å². The average molecular weight is 343 g/mol.